The summed E-state index contributed by atoms with van der Waals surface area (Å²) < 4.78 is 13.9. The maximum Gasteiger partial charge on any atom is 0.133 e. The molecule has 0 atom stereocenters. The predicted molar refractivity (Wildman–Crippen MR) is 61.8 cm³/mol. The summed E-state index contributed by atoms with van der Waals surface area (Å²) in [6.45, 7) is 0. The van der Waals surface area contributed by atoms with Crippen molar-refractivity contribution in [2.24, 2.45) is 0 Å². The molecular formula is C11H6ClFN2S. The molecule has 1 aromatic heterocycles. The number of thiazole rings is 1. The molecule has 0 aliphatic carbocycles. The van der Waals surface area contributed by atoms with E-state index in [1.165, 1.54) is 17.4 Å². The van der Waals surface area contributed by atoms with Crippen molar-refractivity contribution in [3.8, 4) is 16.6 Å². The third-order valence-electron chi connectivity index (χ3n) is 2.00. The van der Waals surface area contributed by atoms with Gasteiger partial charge in [-0.3, -0.25) is 0 Å². The topological polar surface area (TPSA) is 36.7 Å². The van der Waals surface area contributed by atoms with Gasteiger partial charge in [0.25, 0.3) is 0 Å². The lowest BCUT2D eigenvalue weighted by atomic mass is 10.2. The molecule has 80 valence electrons. The fraction of sp³-hybridized carbons (Fsp3) is 0.0909. The Labute approximate surface area is 101 Å². The van der Waals surface area contributed by atoms with Gasteiger partial charge in [-0.05, 0) is 12.1 Å². The van der Waals surface area contributed by atoms with Crippen LogP contribution in [0.4, 0.5) is 4.39 Å². The number of halogens is 2. The minimum absolute atomic E-state index is 0.143. The van der Waals surface area contributed by atoms with E-state index in [9.17, 15) is 4.39 Å². The molecule has 0 saturated heterocycles. The van der Waals surface area contributed by atoms with E-state index in [0.29, 0.717) is 20.6 Å². The summed E-state index contributed by atoms with van der Waals surface area (Å²) in [5.41, 5.74) is 0.922. The van der Waals surface area contributed by atoms with Gasteiger partial charge in [0.1, 0.15) is 15.2 Å². The molecule has 1 heterocycles. The summed E-state index contributed by atoms with van der Waals surface area (Å²) in [6, 6.07) is 8.33. The third kappa shape index (κ3) is 2.06. The van der Waals surface area contributed by atoms with Gasteiger partial charge in [0.05, 0.1) is 18.2 Å². The Morgan fingerprint density at radius 3 is 2.88 bits per heavy atom. The predicted octanol–water partition coefficient (Wildman–Crippen LogP) is 3.67. The highest BCUT2D eigenvalue weighted by Gasteiger charge is 2.13. The van der Waals surface area contributed by atoms with E-state index >= 15 is 0 Å². The smallest absolute Gasteiger partial charge is 0.133 e. The van der Waals surface area contributed by atoms with Gasteiger partial charge in [0.15, 0.2) is 0 Å². The average molecular weight is 253 g/mol. The van der Waals surface area contributed by atoms with Gasteiger partial charge in [-0.1, -0.05) is 23.7 Å². The van der Waals surface area contributed by atoms with Crippen LogP contribution in [0.15, 0.2) is 24.3 Å². The number of hydrogen-bond donors (Lipinski definition) is 0. The first-order valence-corrected chi connectivity index (χ1v) is 5.69. The van der Waals surface area contributed by atoms with E-state index in [1.807, 2.05) is 6.07 Å². The van der Waals surface area contributed by atoms with Crippen LogP contribution in [-0.2, 0) is 6.42 Å². The van der Waals surface area contributed by atoms with E-state index in [0.717, 1.165) is 0 Å². The van der Waals surface area contributed by atoms with E-state index in [4.69, 9.17) is 16.9 Å². The van der Waals surface area contributed by atoms with Gasteiger partial charge in [-0.2, -0.15) is 5.26 Å². The molecule has 0 fully saturated rings. The van der Waals surface area contributed by atoms with Crippen molar-refractivity contribution >= 4 is 22.9 Å². The van der Waals surface area contributed by atoms with Crippen molar-refractivity contribution < 1.29 is 4.39 Å². The van der Waals surface area contributed by atoms with Crippen LogP contribution in [-0.4, -0.2) is 4.98 Å². The molecule has 2 rings (SSSR count). The Balaban J connectivity index is 2.46. The zero-order valence-corrected chi connectivity index (χ0v) is 9.65. The summed E-state index contributed by atoms with van der Waals surface area (Å²) in [5.74, 6) is -0.337. The molecule has 0 aliphatic heterocycles. The molecule has 1 aromatic carbocycles. The average Bonchev–Trinajstić information content (AvgIpc) is 2.61. The molecule has 0 bridgehead atoms. The maximum absolute atomic E-state index is 13.5. The minimum Gasteiger partial charge on any atom is -0.238 e. The lowest BCUT2D eigenvalue weighted by Crippen LogP contribution is -1.85. The molecule has 5 heteroatoms. The first-order chi connectivity index (χ1) is 7.72. The number of nitrogens with zero attached hydrogens (tertiary/aromatic N) is 2. The molecule has 0 radical (unpaired) electrons. The maximum atomic E-state index is 13.5. The SMILES string of the molecule is N#CCc1nc(-c2ccccc2F)sc1Cl. The van der Waals surface area contributed by atoms with E-state index in [-0.39, 0.29) is 12.2 Å². The van der Waals surface area contributed by atoms with Crippen molar-refractivity contribution in [1.82, 2.24) is 4.98 Å². The van der Waals surface area contributed by atoms with Gasteiger partial charge < -0.3 is 0 Å². The van der Waals surface area contributed by atoms with Crippen LogP contribution in [0.1, 0.15) is 5.69 Å². The second-order valence-corrected chi connectivity index (χ2v) is 4.66. The highest BCUT2D eigenvalue weighted by Crippen LogP contribution is 2.32. The Morgan fingerprint density at radius 2 is 2.19 bits per heavy atom. The highest BCUT2D eigenvalue weighted by molar-refractivity contribution is 7.19. The molecule has 16 heavy (non-hydrogen) atoms. The monoisotopic (exact) mass is 252 g/mol. The lowest BCUT2D eigenvalue weighted by molar-refractivity contribution is 0.631. The van der Waals surface area contributed by atoms with Crippen LogP contribution < -0.4 is 0 Å². The van der Waals surface area contributed by atoms with Crippen LogP contribution in [0.25, 0.3) is 10.6 Å². The second kappa shape index (κ2) is 4.60. The van der Waals surface area contributed by atoms with Crippen LogP contribution in [0.2, 0.25) is 4.34 Å². The zero-order valence-electron chi connectivity index (χ0n) is 8.08. The van der Waals surface area contributed by atoms with Crippen LogP contribution in [0, 0.1) is 17.1 Å². The Morgan fingerprint density at radius 1 is 1.44 bits per heavy atom. The summed E-state index contributed by atoms with van der Waals surface area (Å²) in [5, 5.41) is 9.07. The molecule has 0 unspecified atom stereocenters. The first kappa shape index (κ1) is 11.1. The first-order valence-electron chi connectivity index (χ1n) is 4.49. The minimum atomic E-state index is -0.337. The van der Waals surface area contributed by atoms with Gasteiger partial charge in [-0.15, -0.1) is 11.3 Å². The van der Waals surface area contributed by atoms with E-state index in [1.54, 1.807) is 18.2 Å². The van der Waals surface area contributed by atoms with Gasteiger partial charge >= 0.3 is 0 Å². The highest BCUT2D eigenvalue weighted by atomic mass is 35.5. The van der Waals surface area contributed by atoms with Gasteiger partial charge in [-0.25, -0.2) is 9.37 Å². The fourth-order valence-corrected chi connectivity index (χ4v) is 2.43. The number of aromatic nitrogens is 1. The van der Waals surface area contributed by atoms with E-state index < -0.39 is 0 Å². The van der Waals surface area contributed by atoms with Crippen molar-refractivity contribution in [1.29, 1.82) is 5.26 Å². The van der Waals surface area contributed by atoms with Crippen LogP contribution in [0.5, 0.6) is 0 Å². The number of rotatable bonds is 2. The Kier molecular flexibility index (Phi) is 3.18. The molecule has 0 saturated carbocycles. The van der Waals surface area contributed by atoms with Crippen LogP contribution >= 0.6 is 22.9 Å². The van der Waals surface area contributed by atoms with Gasteiger partial charge in [0, 0.05) is 5.56 Å². The lowest BCUT2D eigenvalue weighted by Gasteiger charge is -1.96. The van der Waals surface area contributed by atoms with E-state index in [2.05, 4.69) is 4.98 Å². The quantitative estimate of drug-likeness (QED) is 0.818. The molecular weight excluding hydrogens is 247 g/mol. The Bertz CT molecular complexity index is 559. The fourth-order valence-electron chi connectivity index (χ4n) is 1.27. The largest absolute Gasteiger partial charge is 0.238 e. The van der Waals surface area contributed by atoms with Crippen molar-refractivity contribution in [3.63, 3.8) is 0 Å². The molecule has 2 aromatic rings. The third-order valence-corrected chi connectivity index (χ3v) is 3.37. The Hall–Kier alpha value is -1.44. The number of benzene rings is 1. The number of hydrogen-bond acceptors (Lipinski definition) is 3. The summed E-state index contributed by atoms with van der Waals surface area (Å²) in [6.07, 6.45) is 0.143. The summed E-state index contributed by atoms with van der Waals surface area (Å²) >= 11 is 7.09. The molecule has 0 spiro atoms. The molecule has 0 N–H and O–H groups in total. The molecule has 0 aliphatic rings. The van der Waals surface area contributed by atoms with Gasteiger partial charge in [0.2, 0.25) is 0 Å². The van der Waals surface area contributed by atoms with Crippen molar-refractivity contribution in [3.05, 3.63) is 40.1 Å². The van der Waals surface area contributed by atoms with Crippen LogP contribution in [0.3, 0.4) is 0 Å². The van der Waals surface area contributed by atoms with Crippen molar-refractivity contribution in [2.75, 3.05) is 0 Å². The molecule has 2 nitrogen and oxygen atoms in total. The summed E-state index contributed by atoms with van der Waals surface area (Å²) in [7, 11) is 0. The summed E-state index contributed by atoms with van der Waals surface area (Å²) in [4.78, 5) is 4.15. The number of nitriles is 1. The second-order valence-electron chi connectivity index (χ2n) is 3.05. The van der Waals surface area contributed by atoms with Crippen molar-refractivity contribution in [2.45, 2.75) is 6.42 Å². The zero-order chi connectivity index (χ0) is 11.5. The molecule has 0 amide bonds. The normalized spacial score (nSPS) is 10.1. The standard InChI is InChI=1S/C11H6ClFN2S/c12-10-9(5-6-14)15-11(16-10)7-3-1-2-4-8(7)13/h1-4H,5H2.